The fourth-order valence-corrected chi connectivity index (χ4v) is 2.38. The van der Waals surface area contributed by atoms with E-state index in [1.807, 2.05) is 36.4 Å². The van der Waals surface area contributed by atoms with Gasteiger partial charge in [-0.05, 0) is 53.6 Å². The first-order chi connectivity index (χ1) is 11.1. The van der Waals surface area contributed by atoms with Gasteiger partial charge in [-0.3, -0.25) is 4.79 Å². The number of benzene rings is 3. The van der Waals surface area contributed by atoms with Crippen LogP contribution in [-0.2, 0) is 0 Å². The topological polar surface area (TPSA) is 81.1 Å². The summed E-state index contributed by atoms with van der Waals surface area (Å²) in [5.41, 5.74) is 15.8. The van der Waals surface area contributed by atoms with Crippen molar-refractivity contribution in [3.05, 3.63) is 78.4 Å². The molecule has 3 aromatic carbocycles. The summed E-state index contributed by atoms with van der Waals surface area (Å²) in [6.45, 7) is 0. The zero-order valence-corrected chi connectivity index (χ0v) is 12.5. The number of amides is 1. The first-order valence-electron chi connectivity index (χ1n) is 7.25. The number of carbonyl (C=O) groups excluding carboxylic acids is 1. The molecule has 0 heterocycles. The maximum atomic E-state index is 12.6. The Labute approximate surface area is 134 Å². The molecule has 0 unspecified atom stereocenters. The highest BCUT2D eigenvalue weighted by atomic mass is 16.1. The quantitative estimate of drug-likeness (QED) is 0.644. The number of anilines is 3. The Morgan fingerprint density at radius 3 is 2.13 bits per heavy atom. The molecule has 3 rings (SSSR count). The Morgan fingerprint density at radius 1 is 0.783 bits per heavy atom. The second-order valence-electron chi connectivity index (χ2n) is 5.25. The maximum absolute atomic E-state index is 12.6. The van der Waals surface area contributed by atoms with Crippen LogP contribution in [0.25, 0.3) is 11.1 Å². The number of hydrogen-bond acceptors (Lipinski definition) is 3. The molecular formula is C19H17N3O. The summed E-state index contributed by atoms with van der Waals surface area (Å²) in [7, 11) is 0. The Bertz CT molecular complexity index is 827. The van der Waals surface area contributed by atoms with Gasteiger partial charge in [0.15, 0.2) is 0 Å². The third kappa shape index (κ3) is 3.32. The Balaban J connectivity index is 1.96. The fraction of sp³-hybridized carbons (Fsp3) is 0. The van der Waals surface area contributed by atoms with Crippen molar-refractivity contribution in [2.24, 2.45) is 0 Å². The molecule has 114 valence electrons. The summed E-state index contributed by atoms with van der Waals surface area (Å²) in [5.74, 6) is -0.186. The van der Waals surface area contributed by atoms with Crippen molar-refractivity contribution >= 4 is 23.0 Å². The molecule has 0 fully saturated rings. The van der Waals surface area contributed by atoms with E-state index in [4.69, 9.17) is 11.5 Å². The van der Waals surface area contributed by atoms with Gasteiger partial charge in [-0.15, -0.1) is 0 Å². The molecule has 0 spiro atoms. The normalized spacial score (nSPS) is 10.3. The van der Waals surface area contributed by atoms with Crippen LogP contribution in [0.15, 0.2) is 72.8 Å². The third-order valence-corrected chi connectivity index (χ3v) is 3.54. The average Bonchev–Trinajstić information content (AvgIpc) is 2.57. The molecular weight excluding hydrogens is 286 g/mol. The van der Waals surface area contributed by atoms with E-state index in [1.165, 1.54) is 0 Å². The van der Waals surface area contributed by atoms with Crippen LogP contribution < -0.4 is 16.8 Å². The number of nitrogen functional groups attached to an aromatic ring is 2. The minimum atomic E-state index is -0.186. The molecule has 4 nitrogen and oxygen atoms in total. The second kappa shape index (κ2) is 6.23. The zero-order valence-electron chi connectivity index (χ0n) is 12.5. The van der Waals surface area contributed by atoms with Crippen LogP contribution in [0.3, 0.4) is 0 Å². The van der Waals surface area contributed by atoms with E-state index in [1.54, 1.807) is 36.4 Å². The molecule has 4 heteroatoms. The minimum absolute atomic E-state index is 0.186. The lowest BCUT2D eigenvalue weighted by molar-refractivity contribution is 0.102. The van der Waals surface area contributed by atoms with Crippen LogP contribution in [0.5, 0.6) is 0 Å². The highest BCUT2D eigenvalue weighted by Crippen LogP contribution is 2.27. The van der Waals surface area contributed by atoms with Gasteiger partial charge in [0, 0.05) is 22.6 Å². The summed E-state index contributed by atoms with van der Waals surface area (Å²) < 4.78 is 0. The summed E-state index contributed by atoms with van der Waals surface area (Å²) >= 11 is 0. The van der Waals surface area contributed by atoms with Gasteiger partial charge in [0.1, 0.15) is 0 Å². The van der Waals surface area contributed by atoms with E-state index < -0.39 is 0 Å². The van der Waals surface area contributed by atoms with Gasteiger partial charge in [-0.2, -0.15) is 0 Å². The van der Waals surface area contributed by atoms with Crippen molar-refractivity contribution in [2.45, 2.75) is 0 Å². The highest BCUT2D eigenvalue weighted by Gasteiger charge is 2.13. The highest BCUT2D eigenvalue weighted by molar-refractivity contribution is 6.09. The standard InChI is InChI=1S/C19H17N3O/c20-14-6-9-16(10-7-14)22-19(23)17-11-8-15(21)12-18(17)13-4-2-1-3-5-13/h1-12H,20-21H2,(H,22,23). The van der Waals surface area contributed by atoms with Crippen molar-refractivity contribution in [2.75, 3.05) is 16.8 Å². The van der Waals surface area contributed by atoms with Crippen LogP contribution in [0.4, 0.5) is 17.1 Å². The molecule has 0 bridgehead atoms. The van der Waals surface area contributed by atoms with Crippen molar-refractivity contribution in [1.82, 2.24) is 0 Å². The van der Waals surface area contributed by atoms with Crippen LogP contribution in [0.1, 0.15) is 10.4 Å². The molecule has 0 radical (unpaired) electrons. The molecule has 0 atom stereocenters. The molecule has 0 aliphatic carbocycles. The van der Waals surface area contributed by atoms with Gasteiger partial charge in [0.25, 0.3) is 5.91 Å². The number of carbonyl (C=O) groups is 1. The SMILES string of the molecule is Nc1ccc(NC(=O)c2ccc(N)cc2-c2ccccc2)cc1. The summed E-state index contributed by atoms with van der Waals surface area (Å²) in [6.07, 6.45) is 0. The summed E-state index contributed by atoms with van der Waals surface area (Å²) in [4.78, 5) is 12.6. The van der Waals surface area contributed by atoms with Gasteiger partial charge in [-0.25, -0.2) is 0 Å². The zero-order chi connectivity index (χ0) is 16.2. The average molecular weight is 303 g/mol. The van der Waals surface area contributed by atoms with Crippen molar-refractivity contribution in [3.8, 4) is 11.1 Å². The summed E-state index contributed by atoms with van der Waals surface area (Å²) in [6, 6.07) is 22.0. The Kier molecular flexibility index (Phi) is 3.97. The molecule has 0 aliphatic heterocycles. The van der Waals surface area contributed by atoms with Crippen molar-refractivity contribution in [3.63, 3.8) is 0 Å². The van der Waals surface area contributed by atoms with Crippen LogP contribution >= 0.6 is 0 Å². The number of nitrogens with two attached hydrogens (primary N) is 2. The maximum Gasteiger partial charge on any atom is 0.256 e. The smallest absolute Gasteiger partial charge is 0.256 e. The molecule has 5 N–H and O–H groups in total. The molecule has 3 aromatic rings. The van der Waals surface area contributed by atoms with E-state index in [-0.39, 0.29) is 5.91 Å². The van der Waals surface area contributed by atoms with E-state index in [0.29, 0.717) is 22.6 Å². The van der Waals surface area contributed by atoms with Crippen LogP contribution in [-0.4, -0.2) is 5.91 Å². The molecule has 23 heavy (non-hydrogen) atoms. The number of rotatable bonds is 3. The van der Waals surface area contributed by atoms with Gasteiger partial charge < -0.3 is 16.8 Å². The van der Waals surface area contributed by atoms with E-state index in [0.717, 1.165) is 11.1 Å². The molecule has 0 aliphatic rings. The Hall–Kier alpha value is -3.27. The van der Waals surface area contributed by atoms with Crippen LogP contribution in [0, 0.1) is 0 Å². The molecule has 0 aromatic heterocycles. The number of hydrogen-bond donors (Lipinski definition) is 3. The third-order valence-electron chi connectivity index (χ3n) is 3.54. The van der Waals surface area contributed by atoms with E-state index >= 15 is 0 Å². The van der Waals surface area contributed by atoms with Gasteiger partial charge >= 0.3 is 0 Å². The predicted molar refractivity (Wildman–Crippen MR) is 95.1 cm³/mol. The lowest BCUT2D eigenvalue weighted by atomic mass is 9.98. The van der Waals surface area contributed by atoms with Crippen molar-refractivity contribution < 1.29 is 4.79 Å². The Morgan fingerprint density at radius 2 is 1.43 bits per heavy atom. The summed E-state index contributed by atoms with van der Waals surface area (Å²) in [5, 5.41) is 2.88. The molecule has 0 saturated heterocycles. The van der Waals surface area contributed by atoms with Gasteiger partial charge in [-0.1, -0.05) is 30.3 Å². The first kappa shape index (κ1) is 14.7. The van der Waals surface area contributed by atoms with Gasteiger partial charge in [0.2, 0.25) is 0 Å². The second-order valence-corrected chi connectivity index (χ2v) is 5.25. The minimum Gasteiger partial charge on any atom is -0.399 e. The predicted octanol–water partition coefficient (Wildman–Crippen LogP) is 3.77. The van der Waals surface area contributed by atoms with E-state index in [2.05, 4.69) is 5.32 Å². The molecule has 0 saturated carbocycles. The largest absolute Gasteiger partial charge is 0.399 e. The van der Waals surface area contributed by atoms with Crippen molar-refractivity contribution in [1.29, 1.82) is 0 Å². The first-order valence-corrected chi connectivity index (χ1v) is 7.25. The molecule has 1 amide bonds. The van der Waals surface area contributed by atoms with Gasteiger partial charge in [0.05, 0.1) is 0 Å². The lowest BCUT2D eigenvalue weighted by Crippen LogP contribution is -2.13. The monoisotopic (exact) mass is 303 g/mol. The van der Waals surface area contributed by atoms with Crippen LogP contribution in [0.2, 0.25) is 0 Å². The lowest BCUT2D eigenvalue weighted by Gasteiger charge is -2.11. The number of nitrogens with one attached hydrogen (secondary N) is 1. The van der Waals surface area contributed by atoms with E-state index in [9.17, 15) is 4.79 Å². The fourth-order valence-electron chi connectivity index (χ4n) is 2.38.